The Labute approximate surface area is 188 Å². The summed E-state index contributed by atoms with van der Waals surface area (Å²) in [5, 5.41) is 11.2. The second-order valence-electron chi connectivity index (χ2n) is 7.84. The van der Waals surface area contributed by atoms with Crippen LogP contribution in [0.1, 0.15) is 12.5 Å². The third-order valence-corrected chi connectivity index (χ3v) is 5.75. The summed E-state index contributed by atoms with van der Waals surface area (Å²) >= 11 is 0. The van der Waals surface area contributed by atoms with Gasteiger partial charge in [0.05, 0.1) is 0 Å². The average Bonchev–Trinajstić information content (AvgIpc) is 2.86. The first kappa shape index (κ1) is 19.8. The summed E-state index contributed by atoms with van der Waals surface area (Å²) in [7, 11) is 0. The van der Waals surface area contributed by atoms with E-state index in [0.29, 0.717) is 6.73 Å². The topological polar surface area (TPSA) is 32.5 Å². The summed E-state index contributed by atoms with van der Waals surface area (Å²) in [6, 6.07) is 34.2. The second kappa shape index (κ2) is 8.56. The lowest BCUT2D eigenvalue weighted by atomic mass is 9.96. The molecule has 1 N–H and O–H groups in total. The highest BCUT2D eigenvalue weighted by molar-refractivity contribution is 5.96. The van der Waals surface area contributed by atoms with Crippen LogP contribution in [-0.2, 0) is 4.74 Å². The number of hydrogen-bond acceptors (Lipinski definition) is 2. The van der Waals surface area contributed by atoms with Crippen LogP contribution in [0, 0.1) is 0 Å². The smallest absolute Gasteiger partial charge is 0.292 e. The first-order valence-electron chi connectivity index (χ1n) is 10.7. The summed E-state index contributed by atoms with van der Waals surface area (Å²) in [6.45, 7) is 2.49. The minimum Gasteiger partial charge on any atom is -0.507 e. The zero-order chi connectivity index (χ0) is 21.9. The number of phenols is 1. The molecule has 1 aliphatic heterocycles. The molecule has 0 aromatic heterocycles. The predicted molar refractivity (Wildman–Crippen MR) is 130 cm³/mol. The molecule has 3 nitrogen and oxygen atoms in total. The van der Waals surface area contributed by atoms with E-state index in [1.165, 1.54) is 0 Å². The van der Waals surface area contributed by atoms with E-state index in [9.17, 15) is 5.11 Å². The summed E-state index contributed by atoms with van der Waals surface area (Å²) in [6.07, 6.45) is 2.07. The van der Waals surface area contributed by atoms with Crippen molar-refractivity contribution in [1.82, 2.24) is 0 Å². The molecule has 5 rings (SSSR count). The van der Waals surface area contributed by atoms with Crippen molar-refractivity contribution in [3.63, 3.8) is 0 Å². The van der Waals surface area contributed by atoms with E-state index in [0.717, 1.165) is 45.0 Å². The highest BCUT2D eigenvalue weighted by Crippen LogP contribution is 2.41. The van der Waals surface area contributed by atoms with Crippen LogP contribution in [0.4, 0.5) is 5.69 Å². The Balaban J connectivity index is 1.67. The average molecular weight is 419 g/mol. The van der Waals surface area contributed by atoms with Crippen molar-refractivity contribution in [2.45, 2.75) is 6.92 Å². The van der Waals surface area contributed by atoms with Gasteiger partial charge in [-0.3, -0.25) is 0 Å². The molecule has 4 aromatic rings. The molecule has 1 aliphatic rings. The van der Waals surface area contributed by atoms with Gasteiger partial charge in [-0.15, -0.1) is 0 Å². The van der Waals surface area contributed by atoms with E-state index >= 15 is 0 Å². The minimum atomic E-state index is 0.280. The maximum atomic E-state index is 11.2. The van der Waals surface area contributed by atoms with Crippen molar-refractivity contribution in [2.24, 2.45) is 0 Å². The Morgan fingerprint density at radius 3 is 1.62 bits per heavy atom. The van der Waals surface area contributed by atoms with Crippen LogP contribution in [-0.4, -0.2) is 22.1 Å². The van der Waals surface area contributed by atoms with Crippen LogP contribution in [0.5, 0.6) is 5.75 Å². The summed E-state index contributed by atoms with van der Waals surface area (Å²) in [5.74, 6) is 1.15. The largest absolute Gasteiger partial charge is 0.507 e. The molecule has 0 unspecified atom stereocenters. The van der Waals surface area contributed by atoms with E-state index in [4.69, 9.17) is 4.74 Å². The van der Waals surface area contributed by atoms with Crippen LogP contribution >= 0.6 is 0 Å². The van der Waals surface area contributed by atoms with E-state index in [1.807, 2.05) is 91.0 Å². The molecule has 0 saturated heterocycles. The molecule has 0 bridgehead atoms. The lowest BCUT2D eigenvalue weighted by Crippen LogP contribution is -2.21. The fourth-order valence-corrected chi connectivity index (χ4v) is 4.04. The van der Waals surface area contributed by atoms with Gasteiger partial charge in [0.25, 0.3) is 6.73 Å². The third kappa shape index (κ3) is 3.81. The molecule has 0 spiro atoms. The van der Waals surface area contributed by atoms with Crippen molar-refractivity contribution in [3.8, 4) is 28.0 Å². The van der Waals surface area contributed by atoms with Gasteiger partial charge in [-0.1, -0.05) is 91.0 Å². The number of nitrogens with zero attached hydrogens (tertiary/aromatic N) is 1. The molecular formula is C29H24NO2+. The van der Waals surface area contributed by atoms with Crippen molar-refractivity contribution in [3.05, 3.63) is 115 Å². The molecule has 0 atom stereocenters. The van der Waals surface area contributed by atoms with Crippen LogP contribution in [0.25, 0.3) is 28.0 Å². The number of hydrogen-bond donors (Lipinski definition) is 1. The quantitative estimate of drug-likeness (QED) is 0.367. The SMILES string of the molecule is CC1=[N+](c2cc(-c3ccccc3)c(O)c(-c3ccccc3)c2)COC(c2ccccc2)=C1. The van der Waals surface area contributed by atoms with Gasteiger partial charge in [0.15, 0.2) is 5.71 Å². The lowest BCUT2D eigenvalue weighted by molar-refractivity contribution is -0.484. The van der Waals surface area contributed by atoms with Crippen LogP contribution < -0.4 is 0 Å². The molecule has 0 saturated carbocycles. The van der Waals surface area contributed by atoms with Crippen molar-refractivity contribution < 1.29 is 14.4 Å². The van der Waals surface area contributed by atoms with E-state index < -0.39 is 0 Å². The van der Waals surface area contributed by atoms with Crippen molar-refractivity contribution >= 4 is 17.2 Å². The number of rotatable bonds is 4. The first-order chi connectivity index (χ1) is 15.7. The van der Waals surface area contributed by atoms with Gasteiger partial charge in [0.2, 0.25) is 5.69 Å². The van der Waals surface area contributed by atoms with Crippen molar-refractivity contribution in [1.29, 1.82) is 0 Å². The normalized spacial score (nSPS) is 13.5. The molecule has 3 heteroatoms. The molecule has 0 aliphatic carbocycles. The second-order valence-corrected chi connectivity index (χ2v) is 7.84. The fourth-order valence-electron chi connectivity index (χ4n) is 4.04. The van der Waals surface area contributed by atoms with Gasteiger partial charge >= 0.3 is 0 Å². The zero-order valence-electron chi connectivity index (χ0n) is 17.9. The monoisotopic (exact) mass is 418 g/mol. The van der Waals surface area contributed by atoms with Crippen molar-refractivity contribution in [2.75, 3.05) is 6.73 Å². The first-order valence-corrected chi connectivity index (χ1v) is 10.7. The Kier molecular flexibility index (Phi) is 5.30. The third-order valence-electron chi connectivity index (χ3n) is 5.75. The number of ether oxygens (including phenoxy) is 1. The highest BCUT2D eigenvalue weighted by Gasteiger charge is 2.24. The molecular weight excluding hydrogens is 394 g/mol. The van der Waals surface area contributed by atoms with E-state index in [1.54, 1.807) is 0 Å². The van der Waals surface area contributed by atoms with E-state index in [2.05, 4.69) is 29.7 Å². The Morgan fingerprint density at radius 2 is 1.16 bits per heavy atom. The zero-order valence-corrected chi connectivity index (χ0v) is 17.9. The highest BCUT2D eigenvalue weighted by atomic mass is 16.5. The van der Waals surface area contributed by atoms with Crippen LogP contribution in [0.15, 0.2) is 109 Å². The summed E-state index contributed by atoms with van der Waals surface area (Å²) < 4.78 is 8.26. The Morgan fingerprint density at radius 1 is 0.688 bits per heavy atom. The molecule has 0 radical (unpaired) electrons. The van der Waals surface area contributed by atoms with Crippen LogP contribution in [0.3, 0.4) is 0 Å². The fraction of sp³-hybridized carbons (Fsp3) is 0.0690. The predicted octanol–water partition coefficient (Wildman–Crippen LogP) is 6.86. The van der Waals surface area contributed by atoms with Gasteiger partial charge in [0.1, 0.15) is 11.5 Å². The molecule has 4 aromatic carbocycles. The number of allylic oxidation sites excluding steroid dienone is 1. The molecule has 0 fully saturated rings. The van der Waals surface area contributed by atoms with Gasteiger partial charge < -0.3 is 9.84 Å². The molecule has 156 valence electrons. The van der Waals surface area contributed by atoms with Crippen LogP contribution in [0.2, 0.25) is 0 Å². The number of phenolic OH excluding ortho intramolecular Hbond substituents is 1. The minimum absolute atomic E-state index is 0.280. The van der Waals surface area contributed by atoms with Gasteiger partial charge in [-0.25, -0.2) is 0 Å². The summed E-state index contributed by atoms with van der Waals surface area (Å²) in [5.41, 5.74) is 6.66. The molecule has 32 heavy (non-hydrogen) atoms. The van der Waals surface area contributed by atoms with E-state index in [-0.39, 0.29) is 5.75 Å². The molecule has 1 heterocycles. The lowest BCUT2D eigenvalue weighted by Gasteiger charge is -2.17. The van der Waals surface area contributed by atoms with Gasteiger partial charge in [-0.2, -0.15) is 4.58 Å². The summed E-state index contributed by atoms with van der Waals surface area (Å²) in [4.78, 5) is 0. The maximum Gasteiger partial charge on any atom is 0.292 e. The van der Waals surface area contributed by atoms with Gasteiger partial charge in [-0.05, 0) is 11.1 Å². The Hall–Kier alpha value is -4.11. The standard InChI is InChI=1S/C29H23NO2/c1-21-17-28(24-15-9-4-10-16-24)32-20-30(21)25-18-26(22-11-5-2-6-12-22)29(31)27(19-25)23-13-7-3-8-14-23/h2-19H,20H2,1H3/p+1. The maximum absolute atomic E-state index is 11.2. The van der Waals surface area contributed by atoms with Gasteiger partial charge in [0, 0.05) is 41.8 Å². The number of benzene rings is 4. The number of aromatic hydroxyl groups is 1. The Bertz CT molecular complexity index is 1250. The molecule has 0 amide bonds.